The van der Waals surface area contributed by atoms with Gasteiger partial charge in [-0.15, -0.1) is 0 Å². The van der Waals surface area contributed by atoms with E-state index in [0.29, 0.717) is 11.3 Å². The van der Waals surface area contributed by atoms with Gasteiger partial charge in [0.15, 0.2) is 6.10 Å². The number of amides is 3. The van der Waals surface area contributed by atoms with Gasteiger partial charge < -0.3 is 20.3 Å². The van der Waals surface area contributed by atoms with Gasteiger partial charge in [-0.05, 0) is 23.6 Å². The Labute approximate surface area is 199 Å². The van der Waals surface area contributed by atoms with Crippen LogP contribution in [0, 0.1) is 0 Å². The monoisotopic (exact) mass is 495 g/mol. The fraction of sp³-hybridized carbons (Fsp3) is 0.375. The molecule has 2 N–H and O–H groups in total. The van der Waals surface area contributed by atoms with Gasteiger partial charge in [-0.25, -0.2) is 22.4 Å². The van der Waals surface area contributed by atoms with Crippen LogP contribution in [0.4, 0.5) is 28.0 Å². The zero-order valence-electron chi connectivity index (χ0n) is 19.1. The van der Waals surface area contributed by atoms with Crippen molar-refractivity contribution in [1.82, 2.24) is 10.6 Å². The number of hydrogen-bond donors (Lipinski definition) is 2. The molecule has 1 aliphatic rings. The standard InChI is InChI=1S/C24H25F4N3O4/c1-3-18(35-23(34)29-13-12-24(27,28)22(25)26)20(32)30-19-16-10-5-4-8-14(16)15-9-6-7-11-17(15)31(2)21(19)33/h4-11,18-19,22H,3,12-13H2,1-2H3,(H,29,34)(H,30,32). The van der Waals surface area contributed by atoms with Gasteiger partial charge in [0.05, 0.1) is 5.69 Å². The van der Waals surface area contributed by atoms with E-state index >= 15 is 0 Å². The number of hydrogen-bond acceptors (Lipinski definition) is 4. The van der Waals surface area contributed by atoms with Crippen LogP contribution in [-0.4, -0.2) is 50.0 Å². The maximum Gasteiger partial charge on any atom is 0.407 e. The number of rotatable bonds is 8. The Kier molecular flexibility index (Phi) is 7.98. The maximum absolute atomic E-state index is 13.3. The fourth-order valence-electron chi connectivity index (χ4n) is 3.74. The first-order valence-electron chi connectivity index (χ1n) is 10.9. The smallest absolute Gasteiger partial charge is 0.407 e. The summed E-state index contributed by atoms with van der Waals surface area (Å²) in [5.41, 5.74) is 2.76. The number of alkyl halides is 4. The predicted octanol–water partition coefficient (Wildman–Crippen LogP) is 4.28. The second-order valence-corrected chi connectivity index (χ2v) is 7.98. The van der Waals surface area contributed by atoms with E-state index in [1.54, 1.807) is 38.2 Å². The molecular formula is C24H25F4N3O4. The lowest BCUT2D eigenvalue weighted by atomic mass is 9.95. The molecule has 2 aromatic carbocycles. The lowest BCUT2D eigenvalue weighted by Crippen LogP contribution is -2.46. The minimum atomic E-state index is -4.26. The topological polar surface area (TPSA) is 87.7 Å². The van der Waals surface area contributed by atoms with Crippen molar-refractivity contribution < 1.29 is 36.7 Å². The molecule has 0 aliphatic carbocycles. The fourth-order valence-corrected chi connectivity index (χ4v) is 3.74. The summed E-state index contributed by atoms with van der Waals surface area (Å²) in [6.07, 6.45) is -7.69. The molecule has 2 unspecified atom stereocenters. The maximum atomic E-state index is 13.3. The molecule has 7 nitrogen and oxygen atoms in total. The summed E-state index contributed by atoms with van der Waals surface area (Å²) in [6, 6.07) is 13.3. The molecule has 2 atom stereocenters. The van der Waals surface area contributed by atoms with E-state index < -0.39 is 55.4 Å². The Morgan fingerprint density at radius 3 is 2.37 bits per heavy atom. The first-order valence-corrected chi connectivity index (χ1v) is 10.9. The van der Waals surface area contributed by atoms with Crippen molar-refractivity contribution in [2.75, 3.05) is 18.5 Å². The number of para-hydroxylation sites is 1. The lowest BCUT2D eigenvalue weighted by molar-refractivity contribution is -0.134. The molecule has 0 saturated heterocycles. The third-order valence-electron chi connectivity index (χ3n) is 5.65. The van der Waals surface area contributed by atoms with Crippen molar-refractivity contribution in [2.24, 2.45) is 0 Å². The van der Waals surface area contributed by atoms with Crippen LogP contribution in [0.2, 0.25) is 0 Å². The molecule has 11 heteroatoms. The summed E-state index contributed by atoms with van der Waals surface area (Å²) in [5.74, 6) is -5.44. The molecule has 0 spiro atoms. The SMILES string of the molecule is CCC(OC(=O)NCCC(F)(F)C(F)F)C(=O)NC1C(=O)N(C)c2ccccc2-c2ccccc21. The van der Waals surface area contributed by atoms with E-state index in [1.165, 1.54) is 4.90 Å². The number of nitrogens with zero attached hydrogens (tertiary/aromatic N) is 1. The highest BCUT2D eigenvalue weighted by molar-refractivity contribution is 6.06. The van der Waals surface area contributed by atoms with Crippen molar-refractivity contribution >= 4 is 23.6 Å². The molecular weight excluding hydrogens is 470 g/mol. The molecule has 2 aromatic rings. The number of alkyl carbamates (subject to hydrolysis) is 1. The van der Waals surface area contributed by atoms with E-state index in [4.69, 9.17) is 4.74 Å². The molecule has 3 rings (SSSR count). The van der Waals surface area contributed by atoms with Gasteiger partial charge in [0.1, 0.15) is 6.04 Å². The highest BCUT2D eigenvalue weighted by Gasteiger charge is 2.40. The molecule has 0 radical (unpaired) electrons. The van der Waals surface area contributed by atoms with E-state index in [0.717, 1.165) is 11.1 Å². The van der Waals surface area contributed by atoms with Gasteiger partial charge >= 0.3 is 18.4 Å². The molecule has 0 aromatic heterocycles. The summed E-state index contributed by atoms with van der Waals surface area (Å²) >= 11 is 0. The van der Waals surface area contributed by atoms with E-state index in [2.05, 4.69) is 5.32 Å². The van der Waals surface area contributed by atoms with Crippen molar-refractivity contribution in [2.45, 2.75) is 44.3 Å². The number of likely N-dealkylation sites (N-methyl/N-ethyl adjacent to an activating group) is 1. The Bertz CT molecular complexity index is 1100. The van der Waals surface area contributed by atoms with Crippen LogP contribution < -0.4 is 15.5 Å². The summed E-state index contributed by atoms with van der Waals surface area (Å²) < 4.78 is 55.5. The number of benzene rings is 2. The van der Waals surface area contributed by atoms with Gasteiger partial charge in [0.25, 0.3) is 11.8 Å². The zero-order chi connectivity index (χ0) is 25.8. The molecule has 35 heavy (non-hydrogen) atoms. The Hall–Kier alpha value is -3.63. The van der Waals surface area contributed by atoms with Crippen molar-refractivity contribution in [3.8, 4) is 11.1 Å². The Balaban J connectivity index is 1.73. The van der Waals surface area contributed by atoms with Crippen LogP contribution in [0.1, 0.15) is 31.4 Å². The van der Waals surface area contributed by atoms with Gasteiger partial charge in [0.2, 0.25) is 0 Å². The molecule has 0 fully saturated rings. The average Bonchev–Trinajstić information content (AvgIpc) is 2.92. The second-order valence-electron chi connectivity index (χ2n) is 7.98. The summed E-state index contributed by atoms with van der Waals surface area (Å²) in [6.45, 7) is 0.777. The van der Waals surface area contributed by atoms with E-state index in [-0.39, 0.29) is 6.42 Å². The number of nitrogens with one attached hydrogen (secondary N) is 2. The van der Waals surface area contributed by atoms with E-state index in [1.807, 2.05) is 29.6 Å². The number of carbonyl (C=O) groups excluding carboxylic acids is 3. The lowest BCUT2D eigenvalue weighted by Gasteiger charge is -2.25. The van der Waals surface area contributed by atoms with Crippen LogP contribution in [0.5, 0.6) is 0 Å². The average molecular weight is 495 g/mol. The molecule has 0 bridgehead atoms. The Morgan fingerprint density at radius 1 is 1.09 bits per heavy atom. The highest BCUT2D eigenvalue weighted by atomic mass is 19.3. The van der Waals surface area contributed by atoms with Crippen molar-refractivity contribution in [3.63, 3.8) is 0 Å². The van der Waals surface area contributed by atoms with Crippen molar-refractivity contribution in [3.05, 3.63) is 54.1 Å². The normalized spacial score (nSPS) is 16.1. The summed E-state index contributed by atoms with van der Waals surface area (Å²) in [4.78, 5) is 39.6. The molecule has 1 heterocycles. The molecule has 3 amide bonds. The zero-order valence-corrected chi connectivity index (χ0v) is 19.1. The Morgan fingerprint density at radius 2 is 1.71 bits per heavy atom. The summed E-state index contributed by atoms with van der Waals surface area (Å²) in [5, 5.41) is 4.57. The molecule has 1 aliphatic heterocycles. The van der Waals surface area contributed by atoms with Crippen LogP contribution >= 0.6 is 0 Å². The van der Waals surface area contributed by atoms with Gasteiger partial charge in [-0.3, -0.25) is 9.59 Å². The number of fused-ring (bicyclic) bond motifs is 3. The molecule has 188 valence electrons. The minimum Gasteiger partial charge on any atom is -0.436 e. The van der Waals surface area contributed by atoms with Crippen LogP contribution in [0.3, 0.4) is 0 Å². The van der Waals surface area contributed by atoms with Gasteiger partial charge in [-0.2, -0.15) is 0 Å². The second kappa shape index (κ2) is 10.7. The predicted molar refractivity (Wildman–Crippen MR) is 120 cm³/mol. The number of ether oxygens (including phenoxy) is 1. The number of anilines is 1. The van der Waals surface area contributed by atoms with Crippen molar-refractivity contribution in [1.29, 1.82) is 0 Å². The first-order chi connectivity index (χ1) is 16.6. The minimum absolute atomic E-state index is 0.0189. The number of carbonyl (C=O) groups is 3. The van der Waals surface area contributed by atoms with Gasteiger partial charge in [-0.1, -0.05) is 49.4 Å². The largest absolute Gasteiger partial charge is 0.436 e. The number of halogens is 4. The summed E-state index contributed by atoms with van der Waals surface area (Å²) in [7, 11) is 1.59. The van der Waals surface area contributed by atoms with Crippen LogP contribution in [0.15, 0.2) is 48.5 Å². The molecule has 0 saturated carbocycles. The van der Waals surface area contributed by atoms with E-state index in [9.17, 15) is 31.9 Å². The highest BCUT2D eigenvalue weighted by Crippen LogP contribution is 2.39. The quantitative estimate of drug-likeness (QED) is 0.535. The van der Waals surface area contributed by atoms with Crippen LogP contribution in [-0.2, 0) is 14.3 Å². The van der Waals surface area contributed by atoms with Crippen LogP contribution in [0.25, 0.3) is 11.1 Å². The third-order valence-corrected chi connectivity index (χ3v) is 5.65. The van der Waals surface area contributed by atoms with Gasteiger partial charge in [0, 0.05) is 25.6 Å². The third kappa shape index (κ3) is 5.72. The first kappa shape index (κ1) is 26.0.